The molecule has 2 aliphatic heterocycles. The topological polar surface area (TPSA) is 64.7 Å². The number of nitrogens with zero attached hydrogens (tertiary/aromatic N) is 2. The third kappa shape index (κ3) is 7.48. The second kappa shape index (κ2) is 13.5. The maximum absolute atomic E-state index is 13.7. The van der Waals surface area contributed by atoms with E-state index in [1.54, 1.807) is 12.1 Å². The molecule has 2 heterocycles. The van der Waals surface area contributed by atoms with Crippen molar-refractivity contribution in [3.63, 3.8) is 0 Å². The Bertz CT molecular complexity index is 1360. The van der Waals surface area contributed by atoms with E-state index in [0.29, 0.717) is 46.7 Å². The minimum atomic E-state index is -0.331. The van der Waals surface area contributed by atoms with Crippen molar-refractivity contribution in [1.82, 2.24) is 20.4 Å². The first kappa shape index (κ1) is 29.2. The Labute approximate surface area is 250 Å². The number of hydrogen-bond acceptors (Lipinski definition) is 4. The van der Waals surface area contributed by atoms with Crippen LogP contribution in [-0.2, 0) is 11.3 Å². The van der Waals surface area contributed by atoms with Crippen molar-refractivity contribution in [3.8, 4) is 0 Å². The number of hydrogen-bond donors (Lipinski definition) is 2. The summed E-state index contributed by atoms with van der Waals surface area (Å²) in [6, 6.07) is 16.3. The Morgan fingerprint density at radius 1 is 0.900 bits per heavy atom. The lowest BCUT2D eigenvalue weighted by molar-refractivity contribution is -0.133. The van der Waals surface area contributed by atoms with Gasteiger partial charge < -0.3 is 20.4 Å². The number of rotatable bonds is 8. The number of carbonyl (C=O) groups is 2. The molecule has 0 saturated carbocycles. The molecule has 3 aromatic carbocycles. The van der Waals surface area contributed by atoms with E-state index in [9.17, 15) is 9.59 Å². The summed E-state index contributed by atoms with van der Waals surface area (Å²) in [7, 11) is 0. The van der Waals surface area contributed by atoms with Gasteiger partial charge in [-0.1, -0.05) is 59.4 Å². The lowest BCUT2D eigenvalue weighted by atomic mass is 10.1. The van der Waals surface area contributed by atoms with Crippen LogP contribution in [0.2, 0.25) is 15.1 Å². The van der Waals surface area contributed by atoms with Crippen LogP contribution in [0.5, 0.6) is 0 Å². The molecular formula is C31H35Cl3N4O2. The van der Waals surface area contributed by atoms with Gasteiger partial charge in [-0.25, -0.2) is 0 Å². The molecule has 9 heteroatoms. The van der Waals surface area contributed by atoms with Crippen molar-refractivity contribution >= 4 is 57.4 Å². The molecule has 2 fully saturated rings. The molecule has 2 atom stereocenters. The van der Waals surface area contributed by atoms with Crippen LogP contribution in [0.15, 0.2) is 54.6 Å². The summed E-state index contributed by atoms with van der Waals surface area (Å²) in [6.45, 7) is 4.48. The van der Waals surface area contributed by atoms with Crippen molar-refractivity contribution in [3.05, 3.63) is 80.8 Å². The number of benzene rings is 3. The van der Waals surface area contributed by atoms with E-state index < -0.39 is 0 Å². The lowest BCUT2D eigenvalue weighted by Gasteiger charge is -2.30. The average molecular weight is 602 g/mol. The fraction of sp³-hybridized carbons (Fsp3) is 0.419. The zero-order valence-electron chi connectivity index (χ0n) is 22.5. The summed E-state index contributed by atoms with van der Waals surface area (Å²) < 4.78 is 0. The minimum Gasteiger partial charge on any atom is -0.350 e. The molecule has 40 heavy (non-hydrogen) atoms. The van der Waals surface area contributed by atoms with Gasteiger partial charge in [-0.05, 0) is 91.5 Å². The van der Waals surface area contributed by atoms with Crippen LogP contribution in [-0.4, -0.2) is 66.4 Å². The number of carbonyl (C=O) groups excluding carboxylic acids is 2. The Hall–Kier alpha value is -2.35. The second-order valence-electron chi connectivity index (χ2n) is 10.8. The Morgan fingerprint density at radius 2 is 1.62 bits per heavy atom. The van der Waals surface area contributed by atoms with E-state index in [4.69, 9.17) is 34.8 Å². The summed E-state index contributed by atoms with van der Waals surface area (Å²) in [6.07, 6.45) is 5.14. The van der Waals surface area contributed by atoms with Crippen LogP contribution in [0.25, 0.3) is 10.8 Å². The highest BCUT2D eigenvalue weighted by molar-refractivity contribution is 6.35. The molecule has 0 bridgehead atoms. The number of fused-ring (bicyclic) bond motifs is 1. The molecule has 2 N–H and O–H groups in total. The quantitative estimate of drug-likeness (QED) is 0.324. The first-order chi connectivity index (χ1) is 19.4. The molecule has 2 amide bonds. The fourth-order valence-corrected chi connectivity index (χ4v) is 6.28. The zero-order chi connectivity index (χ0) is 28.1. The Balaban J connectivity index is 1.26. The predicted octanol–water partition coefficient (Wildman–Crippen LogP) is 6.17. The summed E-state index contributed by atoms with van der Waals surface area (Å²) in [5, 5.41) is 10.4. The van der Waals surface area contributed by atoms with Crippen LogP contribution in [0.3, 0.4) is 0 Å². The van der Waals surface area contributed by atoms with Crippen molar-refractivity contribution in [2.24, 2.45) is 0 Å². The third-order valence-electron chi connectivity index (χ3n) is 7.93. The molecule has 0 spiro atoms. The fourth-order valence-electron chi connectivity index (χ4n) is 5.63. The van der Waals surface area contributed by atoms with Crippen LogP contribution in [0.1, 0.15) is 48.0 Å². The van der Waals surface area contributed by atoms with Gasteiger partial charge in [0.15, 0.2) is 0 Å². The van der Waals surface area contributed by atoms with Gasteiger partial charge in [0, 0.05) is 52.9 Å². The molecular weight excluding hydrogens is 567 g/mol. The Kier molecular flexibility index (Phi) is 9.87. The molecule has 2 saturated heterocycles. The lowest BCUT2D eigenvalue weighted by Crippen LogP contribution is -2.50. The van der Waals surface area contributed by atoms with E-state index in [0.717, 1.165) is 42.4 Å². The van der Waals surface area contributed by atoms with E-state index in [1.807, 2.05) is 47.4 Å². The van der Waals surface area contributed by atoms with Gasteiger partial charge in [0.05, 0.1) is 6.04 Å². The SMILES string of the molecule is O=C(NCC1CCN(Cc2ccc(Cl)cc2Cl)C(=O)C(CCN2CCCCC2)N1)c1ccc2cc(Cl)ccc2c1. The van der Waals surface area contributed by atoms with Crippen molar-refractivity contribution in [2.75, 3.05) is 32.7 Å². The van der Waals surface area contributed by atoms with Gasteiger partial charge in [0.2, 0.25) is 5.91 Å². The smallest absolute Gasteiger partial charge is 0.251 e. The molecule has 5 rings (SSSR count). The molecule has 3 aromatic rings. The van der Waals surface area contributed by atoms with Gasteiger partial charge in [-0.3, -0.25) is 9.59 Å². The second-order valence-corrected chi connectivity index (χ2v) is 12.1. The molecule has 0 aliphatic carbocycles. The summed E-state index contributed by atoms with van der Waals surface area (Å²) >= 11 is 18.6. The maximum Gasteiger partial charge on any atom is 0.251 e. The first-order valence-electron chi connectivity index (χ1n) is 14.0. The third-order valence-corrected chi connectivity index (χ3v) is 8.75. The zero-order valence-corrected chi connectivity index (χ0v) is 24.7. The number of amides is 2. The van der Waals surface area contributed by atoms with Crippen LogP contribution < -0.4 is 10.6 Å². The van der Waals surface area contributed by atoms with Gasteiger partial charge >= 0.3 is 0 Å². The summed E-state index contributed by atoms with van der Waals surface area (Å²) in [5.74, 6) is -0.0612. The maximum atomic E-state index is 13.7. The number of likely N-dealkylation sites (tertiary alicyclic amines) is 1. The van der Waals surface area contributed by atoms with Gasteiger partial charge in [0.25, 0.3) is 5.91 Å². The van der Waals surface area contributed by atoms with Crippen molar-refractivity contribution < 1.29 is 9.59 Å². The largest absolute Gasteiger partial charge is 0.350 e. The standard InChI is InChI=1S/C31H35Cl3N4O2/c32-25-8-6-21-16-23(5-4-22(21)17-25)30(39)35-19-27-10-15-38(20-24-7-9-26(33)18-28(24)34)31(40)29(36-27)11-14-37-12-2-1-3-13-37/h4-9,16-18,27,29,36H,1-3,10-15,19-20H2,(H,35,39). The van der Waals surface area contributed by atoms with Crippen molar-refractivity contribution in [1.29, 1.82) is 0 Å². The summed E-state index contributed by atoms with van der Waals surface area (Å²) in [5.41, 5.74) is 1.47. The average Bonchev–Trinajstić information content (AvgIpc) is 3.10. The molecule has 0 radical (unpaired) electrons. The van der Waals surface area contributed by atoms with Gasteiger partial charge in [0.1, 0.15) is 0 Å². The van der Waals surface area contributed by atoms with E-state index in [2.05, 4.69) is 15.5 Å². The molecule has 212 valence electrons. The first-order valence-corrected chi connectivity index (χ1v) is 15.2. The van der Waals surface area contributed by atoms with Gasteiger partial charge in [-0.15, -0.1) is 0 Å². The van der Waals surface area contributed by atoms with E-state index in [1.165, 1.54) is 19.3 Å². The number of halogens is 3. The summed E-state index contributed by atoms with van der Waals surface area (Å²) in [4.78, 5) is 31.1. The highest BCUT2D eigenvalue weighted by Gasteiger charge is 2.31. The van der Waals surface area contributed by atoms with Crippen LogP contribution >= 0.6 is 34.8 Å². The molecule has 6 nitrogen and oxygen atoms in total. The van der Waals surface area contributed by atoms with Crippen molar-refractivity contribution in [2.45, 2.75) is 50.7 Å². The molecule has 2 aliphatic rings. The van der Waals surface area contributed by atoms with E-state index in [-0.39, 0.29) is 23.9 Å². The highest BCUT2D eigenvalue weighted by Crippen LogP contribution is 2.24. The van der Waals surface area contributed by atoms with Gasteiger partial charge in [-0.2, -0.15) is 0 Å². The highest BCUT2D eigenvalue weighted by atomic mass is 35.5. The normalized spacial score (nSPS) is 20.5. The van der Waals surface area contributed by atoms with Crippen LogP contribution in [0, 0.1) is 0 Å². The van der Waals surface area contributed by atoms with Crippen LogP contribution in [0.4, 0.5) is 0 Å². The number of piperidine rings is 1. The van der Waals surface area contributed by atoms with E-state index >= 15 is 0 Å². The Morgan fingerprint density at radius 3 is 2.42 bits per heavy atom. The predicted molar refractivity (Wildman–Crippen MR) is 163 cm³/mol. The molecule has 2 unspecified atom stereocenters. The molecule has 0 aromatic heterocycles. The minimum absolute atomic E-state index is 0.0378. The number of nitrogens with one attached hydrogen (secondary N) is 2. The monoisotopic (exact) mass is 600 g/mol.